The van der Waals surface area contributed by atoms with Crippen molar-refractivity contribution in [2.75, 3.05) is 13.7 Å². The van der Waals surface area contributed by atoms with Crippen molar-refractivity contribution in [1.29, 1.82) is 0 Å². The Bertz CT molecular complexity index is 2010. The lowest BCUT2D eigenvalue weighted by molar-refractivity contribution is 0.309. The summed E-state index contributed by atoms with van der Waals surface area (Å²) in [6.45, 7) is 2.86. The molecular weight excluding hydrogens is 626 g/mol. The molecule has 3 aromatic heterocycles. The van der Waals surface area contributed by atoms with Crippen LogP contribution in [0.2, 0.25) is 0 Å². The smallest absolute Gasteiger partial charge is 0.291 e. The lowest BCUT2D eigenvalue weighted by Gasteiger charge is -2.05. The molecule has 0 saturated carbocycles. The summed E-state index contributed by atoms with van der Waals surface area (Å²) < 4.78 is 15.6. The Kier molecular flexibility index (Phi) is 8.48. The monoisotopic (exact) mass is 653 g/mol. The normalized spacial score (nSPS) is 12.0. The van der Waals surface area contributed by atoms with E-state index in [2.05, 4.69) is 32.9 Å². The van der Waals surface area contributed by atoms with E-state index in [1.807, 2.05) is 95.8 Å². The van der Waals surface area contributed by atoms with Crippen molar-refractivity contribution in [3.63, 3.8) is 0 Å². The predicted molar refractivity (Wildman–Crippen MR) is 175 cm³/mol. The molecule has 3 aromatic carbocycles. The standard InChI is InChI=1S/C33H28BrN5O3S/c1-3-4-18-42-26-14-10-22(11-15-26)12-17-30-35-33-39(36-30)32(40)29(43-33)20-24-21-38(25-8-6-5-7-9-25)37-31(24)23-13-16-28(41-2)27(34)19-23/h5-17,19-21H,3-4,18H2,1-2H3/b17-12+,29-20-. The molecule has 3 heterocycles. The molecule has 0 spiro atoms. The van der Waals surface area contributed by atoms with Crippen molar-refractivity contribution in [2.45, 2.75) is 19.8 Å². The fourth-order valence-corrected chi connectivity index (χ4v) is 5.93. The topological polar surface area (TPSA) is 83.5 Å². The summed E-state index contributed by atoms with van der Waals surface area (Å²) in [7, 11) is 1.63. The Morgan fingerprint density at radius 2 is 1.81 bits per heavy atom. The largest absolute Gasteiger partial charge is 0.496 e. The lowest BCUT2D eigenvalue weighted by atomic mass is 10.1. The SMILES string of the molecule is CCCCOc1ccc(/C=C/c2nc3s/c(=C\c4cn(-c5ccccc5)nc4-c4ccc(OC)c(Br)c4)c(=O)n3n2)cc1. The minimum atomic E-state index is -0.227. The second-order valence-corrected chi connectivity index (χ2v) is 11.6. The van der Waals surface area contributed by atoms with Gasteiger partial charge in [-0.1, -0.05) is 61.1 Å². The van der Waals surface area contributed by atoms with Crippen molar-refractivity contribution in [1.82, 2.24) is 24.4 Å². The fourth-order valence-electron chi connectivity index (χ4n) is 4.48. The third-order valence-corrected chi connectivity index (χ3v) is 8.32. The number of thiazole rings is 1. The molecular formula is C33H28BrN5O3S. The van der Waals surface area contributed by atoms with Crippen LogP contribution in [0.3, 0.4) is 0 Å². The quantitative estimate of drug-likeness (QED) is 0.154. The summed E-state index contributed by atoms with van der Waals surface area (Å²) in [4.78, 5) is 18.5. The number of unbranched alkanes of at least 4 members (excludes halogenated alkanes) is 1. The van der Waals surface area contributed by atoms with E-state index in [-0.39, 0.29) is 5.56 Å². The van der Waals surface area contributed by atoms with E-state index < -0.39 is 0 Å². The summed E-state index contributed by atoms with van der Waals surface area (Å²) in [5.74, 6) is 2.05. The Balaban J connectivity index is 1.31. The number of hydrogen-bond acceptors (Lipinski definition) is 7. The molecule has 0 radical (unpaired) electrons. The number of methoxy groups -OCH3 is 1. The summed E-state index contributed by atoms with van der Waals surface area (Å²) in [6.07, 6.45) is 9.63. The van der Waals surface area contributed by atoms with Crippen molar-refractivity contribution in [3.8, 4) is 28.4 Å². The Morgan fingerprint density at radius 3 is 2.53 bits per heavy atom. The third kappa shape index (κ3) is 6.30. The number of nitrogens with zero attached hydrogens (tertiary/aromatic N) is 5. The van der Waals surface area contributed by atoms with E-state index >= 15 is 0 Å². The number of benzene rings is 3. The highest BCUT2D eigenvalue weighted by Gasteiger charge is 2.15. The molecule has 0 aliphatic heterocycles. The van der Waals surface area contributed by atoms with Crippen molar-refractivity contribution < 1.29 is 9.47 Å². The first-order chi connectivity index (χ1) is 21.0. The zero-order chi connectivity index (χ0) is 29.8. The van der Waals surface area contributed by atoms with Crippen molar-refractivity contribution >= 4 is 50.5 Å². The summed E-state index contributed by atoms with van der Waals surface area (Å²) in [5, 5.41) is 9.33. The van der Waals surface area contributed by atoms with Crippen LogP contribution in [0.15, 0.2) is 88.3 Å². The highest BCUT2D eigenvalue weighted by atomic mass is 79.9. The van der Waals surface area contributed by atoms with Gasteiger partial charge in [-0.3, -0.25) is 4.79 Å². The zero-order valence-electron chi connectivity index (χ0n) is 23.6. The minimum Gasteiger partial charge on any atom is -0.496 e. The predicted octanol–water partition coefficient (Wildman–Crippen LogP) is 6.67. The van der Waals surface area contributed by atoms with Gasteiger partial charge < -0.3 is 9.47 Å². The second-order valence-electron chi connectivity index (χ2n) is 9.75. The number of rotatable bonds is 10. The van der Waals surface area contributed by atoms with Crippen LogP contribution in [0.1, 0.15) is 36.7 Å². The average molecular weight is 655 g/mol. The fraction of sp³-hybridized carbons (Fsp3) is 0.152. The minimum absolute atomic E-state index is 0.227. The molecule has 0 N–H and O–H groups in total. The van der Waals surface area contributed by atoms with Crippen LogP contribution >= 0.6 is 27.3 Å². The van der Waals surface area contributed by atoms with Crippen molar-refractivity contribution in [3.05, 3.63) is 115 Å². The highest BCUT2D eigenvalue weighted by molar-refractivity contribution is 9.10. The first kappa shape index (κ1) is 28.6. The lowest BCUT2D eigenvalue weighted by Crippen LogP contribution is -2.23. The maximum Gasteiger partial charge on any atom is 0.291 e. The van der Waals surface area contributed by atoms with Gasteiger partial charge in [-0.05, 0) is 82.5 Å². The third-order valence-electron chi connectivity index (χ3n) is 6.74. The molecule has 10 heteroatoms. The van der Waals surface area contributed by atoms with Crippen LogP contribution in [0.4, 0.5) is 0 Å². The molecule has 43 heavy (non-hydrogen) atoms. The molecule has 0 fully saturated rings. The summed E-state index contributed by atoms with van der Waals surface area (Å²) in [6, 6.07) is 23.5. The molecule has 6 aromatic rings. The molecule has 0 aliphatic rings. The summed E-state index contributed by atoms with van der Waals surface area (Å²) >= 11 is 4.87. The van der Waals surface area contributed by atoms with Gasteiger partial charge in [0.2, 0.25) is 4.96 Å². The van der Waals surface area contributed by atoms with Crippen LogP contribution in [-0.2, 0) is 0 Å². The highest BCUT2D eigenvalue weighted by Crippen LogP contribution is 2.32. The van der Waals surface area contributed by atoms with Gasteiger partial charge in [-0.15, -0.1) is 5.10 Å². The molecule has 0 saturated heterocycles. The zero-order valence-corrected chi connectivity index (χ0v) is 26.0. The molecule has 0 unspecified atom stereocenters. The van der Waals surface area contributed by atoms with E-state index in [9.17, 15) is 4.79 Å². The van der Waals surface area contributed by atoms with E-state index in [1.165, 1.54) is 15.9 Å². The summed E-state index contributed by atoms with van der Waals surface area (Å²) in [5.41, 5.74) is 4.09. The van der Waals surface area contributed by atoms with Crippen LogP contribution < -0.4 is 19.6 Å². The van der Waals surface area contributed by atoms with Gasteiger partial charge in [0.25, 0.3) is 5.56 Å². The first-order valence-corrected chi connectivity index (χ1v) is 15.4. The van der Waals surface area contributed by atoms with Gasteiger partial charge in [0, 0.05) is 17.3 Å². The van der Waals surface area contributed by atoms with Gasteiger partial charge in [-0.25, -0.2) is 4.68 Å². The number of ether oxygens (including phenoxy) is 2. The van der Waals surface area contributed by atoms with Gasteiger partial charge in [0.15, 0.2) is 5.82 Å². The maximum atomic E-state index is 13.4. The van der Waals surface area contributed by atoms with E-state index in [0.29, 0.717) is 21.9 Å². The number of fused-ring (bicyclic) bond motifs is 1. The molecule has 8 nitrogen and oxygen atoms in total. The molecule has 0 bridgehead atoms. The van der Waals surface area contributed by atoms with E-state index in [4.69, 9.17) is 14.6 Å². The van der Waals surface area contributed by atoms with Crippen LogP contribution in [0.5, 0.6) is 11.5 Å². The average Bonchev–Trinajstić information content (AvgIpc) is 3.72. The van der Waals surface area contributed by atoms with E-state index in [1.54, 1.807) is 13.2 Å². The van der Waals surface area contributed by atoms with Gasteiger partial charge in [0.1, 0.15) is 17.2 Å². The molecule has 6 rings (SSSR count). The number of hydrogen-bond donors (Lipinski definition) is 0. The molecule has 0 amide bonds. The van der Waals surface area contributed by atoms with Gasteiger partial charge in [-0.2, -0.15) is 14.6 Å². The number of aromatic nitrogens is 5. The Morgan fingerprint density at radius 1 is 1.00 bits per heavy atom. The Labute approximate surface area is 260 Å². The first-order valence-electron chi connectivity index (χ1n) is 13.8. The number of para-hydroxylation sites is 1. The van der Waals surface area contributed by atoms with Crippen LogP contribution in [0.25, 0.3) is 40.1 Å². The van der Waals surface area contributed by atoms with E-state index in [0.717, 1.165) is 56.9 Å². The van der Waals surface area contributed by atoms with Gasteiger partial charge >= 0.3 is 0 Å². The maximum absolute atomic E-state index is 13.4. The molecule has 0 aliphatic carbocycles. The van der Waals surface area contributed by atoms with Crippen LogP contribution in [-0.4, -0.2) is 38.1 Å². The molecule has 216 valence electrons. The number of halogens is 1. The van der Waals surface area contributed by atoms with Crippen LogP contribution in [0, 0.1) is 0 Å². The van der Waals surface area contributed by atoms with Crippen molar-refractivity contribution in [2.24, 2.45) is 0 Å². The second kappa shape index (κ2) is 12.8. The molecule has 0 atom stereocenters. The Hall–Kier alpha value is -4.54. The van der Waals surface area contributed by atoms with Gasteiger partial charge in [0.05, 0.1) is 28.4 Å².